The molecule has 3 aromatic carbocycles. The minimum atomic E-state index is -0.470. The molecule has 1 aliphatic heterocycles. The van der Waals surface area contributed by atoms with E-state index in [4.69, 9.17) is 14.2 Å². The maximum atomic E-state index is 12.5. The normalized spacial score (nSPS) is 14.7. The Hall–Kier alpha value is -3.60. The first-order valence-electron chi connectivity index (χ1n) is 10.1. The van der Waals surface area contributed by atoms with Crippen molar-refractivity contribution in [3.8, 4) is 11.5 Å². The van der Waals surface area contributed by atoms with Gasteiger partial charge in [-0.1, -0.05) is 49.4 Å². The molecule has 0 amide bonds. The fraction of sp³-hybridized carbons (Fsp3) is 0.200. The minimum absolute atomic E-state index is 0.252. The monoisotopic (exact) mass is 401 g/mol. The van der Waals surface area contributed by atoms with Crippen LogP contribution in [0.1, 0.15) is 31.4 Å². The standard InChI is InChI=1S/C25H23NO4/c1-3-14-29-22-13-12-17(16-23(22)28-4-2)15-21-25(27)30-24(26-21)20-11-7-9-18-8-5-6-10-19(18)20/h5-13,15-16H,3-4,14H2,1-2H3/b21-15+. The zero-order valence-corrected chi connectivity index (χ0v) is 17.1. The van der Waals surface area contributed by atoms with Gasteiger partial charge in [0.05, 0.1) is 13.2 Å². The van der Waals surface area contributed by atoms with Crippen LogP contribution in [0.3, 0.4) is 0 Å². The molecule has 0 aromatic heterocycles. The SMILES string of the molecule is CCCOc1ccc(/C=C2/N=C(c3cccc4ccccc34)OC2=O)cc1OCC. The quantitative estimate of drug-likeness (QED) is 0.394. The summed E-state index contributed by atoms with van der Waals surface area (Å²) in [5.41, 5.74) is 1.84. The molecule has 5 heteroatoms. The molecule has 0 aliphatic carbocycles. The molecule has 0 fully saturated rings. The number of benzene rings is 3. The van der Waals surface area contributed by atoms with E-state index < -0.39 is 5.97 Å². The van der Waals surface area contributed by atoms with Crippen LogP contribution in [-0.2, 0) is 9.53 Å². The van der Waals surface area contributed by atoms with Crippen LogP contribution in [0.2, 0.25) is 0 Å². The Labute approximate surface area is 175 Å². The highest BCUT2D eigenvalue weighted by Crippen LogP contribution is 2.31. The summed E-state index contributed by atoms with van der Waals surface area (Å²) in [6.07, 6.45) is 2.61. The van der Waals surface area contributed by atoms with E-state index in [9.17, 15) is 4.79 Å². The largest absolute Gasteiger partial charge is 0.490 e. The minimum Gasteiger partial charge on any atom is -0.490 e. The molecule has 0 saturated carbocycles. The van der Waals surface area contributed by atoms with Crippen LogP contribution in [0, 0.1) is 0 Å². The molecule has 30 heavy (non-hydrogen) atoms. The predicted octanol–water partition coefficient (Wildman–Crippen LogP) is 5.37. The molecule has 1 heterocycles. The molecule has 0 N–H and O–H groups in total. The number of esters is 1. The van der Waals surface area contributed by atoms with Gasteiger partial charge in [0.25, 0.3) is 0 Å². The van der Waals surface area contributed by atoms with Gasteiger partial charge in [-0.3, -0.25) is 0 Å². The van der Waals surface area contributed by atoms with Gasteiger partial charge < -0.3 is 14.2 Å². The van der Waals surface area contributed by atoms with Gasteiger partial charge >= 0.3 is 5.97 Å². The Morgan fingerprint density at radius 1 is 0.967 bits per heavy atom. The van der Waals surface area contributed by atoms with Gasteiger partial charge in [-0.05, 0) is 54.0 Å². The Balaban J connectivity index is 1.67. The molecule has 0 radical (unpaired) electrons. The molecular formula is C25H23NO4. The van der Waals surface area contributed by atoms with E-state index in [-0.39, 0.29) is 5.70 Å². The van der Waals surface area contributed by atoms with Crippen LogP contribution in [0.25, 0.3) is 16.8 Å². The van der Waals surface area contributed by atoms with Crippen molar-refractivity contribution < 1.29 is 19.0 Å². The van der Waals surface area contributed by atoms with Crippen LogP contribution in [-0.4, -0.2) is 25.1 Å². The first-order valence-corrected chi connectivity index (χ1v) is 10.1. The maximum Gasteiger partial charge on any atom is 0.363 e. The van der Waals surface area contributed by atoms with Crippen molar-refractivity contribution in [3.63, 3.8) is 0 Å². The Kier molecular flexibility index (Phi) is 5.80. The van der Waals surface area contributed by atoms with E-state index in [0.717, 1.165) is 28.3 Å². The number of nitrogens with zero attached hydrogens (tertiary/aromatic N) is 1. The molecule has 0 saturated heterocycles. The van der Waals surface area contributed by atoms with Gasteiger partial charge in [0, 0.05) is 5.56 Å². The van der Waals surface area contributed by atoms with Crippen molar-refractivity contribution in [3.05, 3.63) is 77.5 Å². The Morgan fingerprint density at radius 3 is 2.63 bits per heavy atom. The van der Waals surface area contributed by atoms with Crippen molar-refractivity contribution in [2.24, 2.45) is 4.99 Å². The highest BCUT2D eigenvalue weighted by Gasteiger charge is 2.25. The van der Waals surface area contributed by atoms with Gasteiger partial charge in [0.2, 0.25) is 5.90 Å². The smallest absolute Gasteiger partial charge is 0.363 e. The summed E-state index contributed by atoms with van der Waals surface area (Å²) in [5.74, 6) is 1.18. The van der Waals surface area contributed by atoms with Crippen LogP contribution < -0.4 is 9.47 Å². The van der Waals surface area contributed by atoms with Crippen LogP contribution in [0.15, 0.2) is 71.4 Å². The van der Waals surface area contributed by atoms with Crippen molar-refractivity contribution >= 4 is 28.7 Å². The Morgan fingerprint density at radius 2 is 1.80 bits per heavy atom. The lowest BCUT2D eigenvalue weighted by Crippen LogP contribution is -2.05. The zero-order chi connectivity index (χ0) is 20.9. The van der Waals surface area contributed by atoms with Gasteiger partial charge in [-0.2, -0.15) is 0 Å². The molecule has 0 bridgehead atoms. The van der Waals surface area contributed by atoms with Gasteiger partial charge in [-0.15, -0.1) is 0 Å². The molecule has 1 aliphatic rings. The van der Waals surface area contributed by atoms with Crippen molar-refractivity contribution in [1.82, 2.24) is 0 Å². The lowest BCUT2D eigenvalue weighted by Gasteiger charge is -2.12. The maximum absolute atomic E-state index is 12.5. The summed E-state index contributed by atoms with van der Waals surface area (Å²) in [6, 6.07) is 19.4. The fourth-order valence-corrected chi connectivity index (χ4v) is 3.31. The second-order valence-electron chi connectivity index (χ2n) is 6.85. The third-order valence-corrected chi connectivity index (χ3v) is 4.67. The number of carbonyl (C=O) groups excluding carboxylic acids is 1. The summed E-state index contributed by atoms with van der Waals surface area (Å²) in [7, 11) is 0. The van der Waals surface area contributed by atoms with Gasteiger partial charge in [0.15, 0.2) is 17.2 Å². The average molecular weight is 401 g/mol. The number of cyclic esters (lactones) is 1. The predicted molar refractivity (Wildman–Crippen MR) is 118 cm³/mol. The van der Waals surface area contributed by atoms with E-state index in [1.54, 1.807) is 6.08 Å². The average Bonchev–Trinajstić information content (AvgIpc) is 3.13. The molecule has 0 atom stereocenters. The topological polar surface area (TPSA) is 57.1 Å². The molecule has 3 aromatic rings. The van der Waals surface area contributed by atoms with Crippen LogP contribution in [0.4, 0.5) is 0 Å². The lowest BCUT2D eigenvalue weighted by atomic mass is 10.0. The summed E-state index contributed by atoms with van der Waals surface area (Å²) in [5, 5.41) is 2.05. The number of carbonyl (C=O) groups is 1. The first kappa shape index (κ1) is 19.7. The second-order valence-corrected chi connectivity index (χ2v) is 6.85. The number of fused-ring (bicyclic) bond motifs is 1. The van der Waals surface area contributed by atoms with E-state index in [2.05, 4.69) is 11.9 Å². The highest BCUT2D eigenvalue weighted by atomic mass is 16.6. The third-order valence-electron chi connectivity index (χ3n) is 4.67. The summed E-state index contributed by atoms with van der Waals surface area (Å²) in [6.45, 7) is 5.11. The lowest BCUT2D eigenvalue weighted by molar-refractivity contribution is -0.129. The highest BCUT2D eigenvalue weighted by molar-refractivity contribution is 6.17. The van der Waals surface area contributed by atoms with E-state index >= 15 is 0 Å². The summed E-state index contributed by atoms with van der Waals surface area (Å²) < 4.78 is 16.9. The molecule has 0 spiro atoms. The van der Waals surface area contributed by atoms with Crippen molar-refractivity contribution in [1.29, 1.82) is 0 Å². The number of hydrogen-bond acceptors (Lipinski definition) is 5. The molecule has 0 unspecified atom stereocenters. The number of rotatable bonds is 7. The number of ether oxygens (including phenoxy) is 3. The van der Waals surface area contributed by atoms with Gasteiger partial charge in [0.1, 0.15) is 0 Å². The first-order chi connectivity index (χ1) is 14.7. The van der Waals surface area contributed by atoms with E-state index in [0.29, 0.717) is 30.6 Å². The summed E-state index contributed by atoms with van der Waals surface area (Å²) in [4.78, 5) is 16.9. The van der Waals surface area contributed by atoms with Crippen molar-refractivity contribution in [2.45, 2.75) is 20.3 Å². The summed E-state index contributed by atoms with van der Waals surface area (Å²) >= 11 is 0. The molecule has 152 valence electrons. The zero-order valence-electron chi connectivity index (χ0n) is 17.1. The van der Waals surface area contributed by atoms with E-state index in [1.807, 2.05) is 67.6 Å². The molecular weight excluding hydrogens is 378 g/mol. The second kappa shape index (κ2) is 8.82. The van der Waals surface area contributed by atoms with E-state index in [1.165, 1.54) is 0 Å². The fourth-order valence-electron chi connectivity index (χ4n) is 3.31. The number of hydrogen-bond donors (Lipinski definition) is 0. The Bertz CT molecular complexity index is 1140. The van der Waals surface area contributed by atoms with Crippen molar-refractivity contribution in [2.75, 3.05) is 13.2 Å². The van der Waals surface area contributed by atoms with Crippen LogP contribution in [0.5, 0.6) is 11.5 Å². The number of aliphatic imine (C=N–C) groups is 1. The molecule has 4 rings (SSSR count). The third kappa shape index (κ3) is 4.06. The van der Waals surface area contributed by atoms with Crippen LogP contribution >= 0.6 is 0 Å². The molecule has 5 nitrogen and oxygen atoms in total. The van der Waals surface area contributed by atoms with Gasteiger partial charge in [-0.25, -0.2) is 9.79 Å².